The van der Waals surface area contributed by atoms with Crippen molar-refractivity contribution >= 4 is 27.5 Å². The molecule has 27 heavy (non-hydrogen) atoms. The Morgan fingerprint density at radius 1 is 1.22 bits per heavy atom. The third kappa shape index (κ3) is 3.68. The van der Waals surface area contributed by atoms with Crippen LogP contribution in [0.15, 0.2) is 9.95 Å². The summed E-state index contributed by atoms with van der Waals surface area (Å²) in [7, 11) is -3.05. The molecule has 2 aliphatic heterocycles. The molecule has 1 atom stereocenters. The van der Waals surface area contributed by atoms with Gasteiger partial charge in [-0.15, -0.1) is 0 Å². The van der Waals surface area contributed by atoms with E-state index in [-0.39, 0.29) is 29.2 Å². The monoisotopic (exact) mass is 411 g/mol. The summed E-state index contributed by atoms with van der Waals surface area (Å²) in [5, 5.41) is 0.400. The van der Waals surface area contributed by atoms with Crippen LogP contribution in [0.2, 0.25) is 0 Å². The van der Waals surface area contributed by atoms with Gasteiger partial charge in [0.05, 0.1) is 17.0 Å². The summed E-state index contributed by atoms with van der Waals surface area (Å²) in [6.07, 6.45) is 6.30. The van der Waals surface area contributed by atoms with E-state index in [1.807, 2.05) is 0 Å². The molecular weight excluding hydrogens is 386 g/mol. The number of aryl methyl sites for hydroxylation is 1. The lowest BCUT2D eigenvalue weighted by Gasteiger charge is -2.32. The van der Waals surface area contributed by atoms with Gasteiger partial charge in [-0.1, -0.05) is 11.8 Å². The van der Waals surface area contributed by atoms with Crippen LogP contribution in [0.25, 0.3) is 0 Å². The van der Waals surface area contributed by atoms with Gasteiger partial charge in [-0.25, -0.2) is 13.4 Å². The third-order valence-electron chi connectivity index (χ3n) is 5.93. The average molecular weight is 412 g/mol. The Bertz CT molecular complexity index is 917. The number of aromatic nitrogens is 2. The Kier molecular flexibility index (Phi) is 5.09. The first kappa shape index (κ1) is 19.0. The van der Waals surface area contributed by atoms with Gasteiger partial charge in [0.1, 0.15) is 9.84 Å². The van der Waals surface area contributed by atoms with Crippen molar-refractivity contribution in [2.45, 2.75) is 61.4 Å². The Labute approximate surface area is 163 Å². The number of thioether (sulfide) groups is 1. The molecule has 1 unspecified atom stereocenters. The lowest BCUT2D eigenvalue weighted by Crippen LogP contribution is -2.43. The van der Waals surface area contributed by atoms with Crippen LogP contribution in [-0.2, 0) is 27.5 Å². The van der Waals surface area contributed by atoms with Crippen molar-refractivity contribution < 1.29 is 13.2 Å². The van der Waals surface area contributed by atoms with E-state index in [0.717, 1.165) is 42.1 Å². The highest BCUT2D eigenvalue weighted by Crippen LogP contribution is 2.34. The minimum absolute atomic E-state index is 0.00465. The van der Waals surface area contributed by atoms with Crippen molar-refractivity contribution in [1.82, 2.24) is 14.5 Å². The van der Waals surface area contributed by atoms with Crippen LogP contribution in [0.4, 0.5) is 0 Å². The van der Waals surface area contributed by atoms with Gasteiger partial charge >= 0.3 is 0 Å². The van der Waals surface area contributed by atoms with Crippen LogP contribution < -0.4 is 5.56 Å². The average Bonchev–Trinajstić information content (AvgIpc) is 3.04. The van der Waals surface area contributed by atoms with E-state index in [0.29, 0.717) is 31.7 Å². The number of carbonyl (C=O) groups excluding carboxylic acids is 1. The molecule has 148 valence electrons. The first-order chi connectivity index (χ1) is 12.8. The van der Waals surface area contributed by atoms with E-state index in [9.17, 15) is 18.0 Å². The van der Waals surface area contributed by atoms with Gasteiger partial charge in [-0.05, 0) is 38.5 Å². The van der Waals surface area contributed by atoms with E-state index in [1.54, 1.807) is 21.2 Å². The smallest absolute Gasteiger partial charge is 0.257 e. The van der Waals surface area contributed by atoms with Crippen LogP contribution in [0.5, 0.6) is 0 Å². The summed E-state index contributed by atoms with van der Waals surface area (Å²) < 4.78 is 25.1. The quantitative estimate of drug-likeness (QED) is 0.694. The zero-order valence-corrected chi connectivity index (χ0v) is 17.1. The predicted molar refractivity (Wildman–Crippen MR) is 104 cm³/mol. The molecule has 1 amide bonds. The Morgan fingerprint density at radius 3 is 2.63 bits per heavy atom. The summed E-state index contributed by atoms with van der Waals surface area (Å²) in [5.74, 6) is 0.696. The largest absolute Gasteiger partial charge is 0.343 e. The summed E-state index contributed by atoms with van der Waals surface area (Å²) in [6, 6.07) is -0.155. The molecule has 0 saturated carbocycles. The molecule has 3 heterocycles. The fourth-order valence-corrected chi connectivity index (χ4v) is 6.55. The molecule has 0 bridgehead atoms. The molecule has 1 fully saturated rings. The number of rotatable bonds is 3. The molecule has 0 aromatic carbocycles. The Balaban J connectivity index is 1.47. The molecular formula is C18H25N3O4S2. The summed E-state index contributed by atoms with van der Waals surface area (Å²) in [4.78, 5) is 32.1. The molecule has 4 rings (SSSR count). The van der Waals surface area contributed by atoms with Crippen molar-refractivity contribution in [3.05, 3.63) is 21.6 Å². The Morgan fingerprint density at radius 2 is 1.93 bits per heavy atom. The first-order valence-electron chi connectivity index (χ1n) is 9.58. The lowest BCUT2D eigenvalue weighted by molar-refractivity contribution is -0.132. The van der Waals surface area contributed by atoms with Gasteiger partial charge in [0.15, 0.2) is 5.16 Å². The number of sulfone groups is 1. The van der Waals surface area contributed by atoms with Crippen LogP contribution >= 0.6 is 11.8 Å². The van der Waals surface area contributed by atoms with Gasteiger partial charge in [-0.2, -0.15) is 0 Å². The Hall–Kier alpha value is -1.35. The standard InChI is InChI=1S/C18H25N3O4S2/c1-27(24,25)13-6-8-20(9-7-13)16(22)10-12-11-26-18-19-15-5-3-2-4-14(15)17(23)21(12)18/h12-13H,2-11H2,1H3. The van der Waals surface area contributed by atoms with Crippen LogP contribution in [-0.4, -0.2) is 59.1 Å². The van der Waals surface area contributed by atoms with Crippen molar-refractivity contribution in [3.8, 4) is 0 Å². The maximum atomic E-state index is 12.9. The number of likely N-dealkylation sites (tertiary alicyclic amines) is 1. The topological polar surface area (TPSA) is 89.3 Å². The SMILES string of the molecule is CS(=O)(=O)C1CCN(C(=O)CC2CSc3nc4c(c(=O)n32)CCCC4)CC1. The molecule has 0 radical (unpaired) electrons. The van der Waals surface area contributed by atoms with Gasteiger partial charge < -0.3 is 4.90 Å². The highest BCUT2D eigenvalue weighted by Gasteiger charge is 2.33. The lowest BCUT2D eigenvalue weighted by atomic mass is 9.97. The minimum Gasteiger partial charge on any atom is -0.343 e. The van der Waals surface area contributed by atoms with E-state index in [4.69, 9.17) is 4.98 Å². The third-order valence-corrected chi connectivity index (χ3v) is 8.71. The summed E-state index contributed by atoms with van der Waals surface area (Å²) in [5.41, 5.74) is 1.81. The molecule has 9 heteroatoms. The number of hydrogen-bond acceptors (Lipinski definition) is 6. The van der Waals surface area contributed by atoms with Crippen molar-refractivity contribution in [2.24, 2.45) is 0 Å². The number of hydrogen-bond donors (Lipinski definition) is 0. The van der Waals surface area contributed by atoms with E-state index >= 15 is 0 Å². The number of amides is 1. The van der Waals surface area contributed by atoms with E-state index in [1.165, 1.54) is 6.26 Å². The van der Waals surface area contributed by atoms with Gasteiger partial charge in [0.2, 0.25) is 5.91 Å². The highest BCUT2D eigenvalue weighted by molar-refractivity contribution is 7.99. The second-order valence-corrected chi connectivity index (χ2v) is 11.1. The number of carbonyl (C=O) groups is 1. The molecule has 3 aliphatic rings. The van der Waals surface area contributed by atoms with Crippen LogP contribution in [0.3, 0.4) is 0 Å². The molecule has 1 aliphatic carbocycles. The van der Waals surface area contributed by atoms with Crippen molar-refractivity contribution in [1.29, 1.82) is 0 Å². The van der Waals surface area contributed by atoms with E-state index < -0.39 is 9.84 Å². The van der Waals surface area contributed by atoms with E-state index in [2.05, 4.69) is 0 Å². The fourth-order valence-electron chi connectivity index (χ4n) is 4.33. The van der Waals surface area contributed by atoms with Gasteiger partial charge in [-0.3, -0.25) is 14.2 Å². The number of nitrogens with zero attached hydrogens (tertiary/aromatic N) is 3. The summed E-state index contributed by atoms with van der Waals surface area (Å²) >= 11 is 1.56. The molecule has 7 nitrogen and oxygen atoms in total. The maximum absolute atomic E-state index is 12.9. The number of piperidine rings is 1. The highest BCUT2D eigenvalue weighted by atomic mass is 32.2. The zero-order valence-electron chi connectivity index (χ0n) is 15.5. The second-order valence-electron chi connectivity index (χ2n) is 7.78. The van der Waals surface area contributed by atoms with Crippen molar-refractivity contribution in [3.63, 3.8) is 0 Å². The van der Waals surface area contributed by atoms with Crippen LogP contribution in [0.1, 0.15) is 49.4 Å². The fraction of sp³-hybridized carbons (Fsp3) is 0.722. The molecule has 1 saturated heterocycles. The number of fused-ring (bicyclic) bond motifs is 2. The maximum Gasteiger partial charge on any atom is 0.257 e. The molecule has 1 aromatic rings. The van der Waals surface area contributed by atoms with Crippen molar-refractivity contribution in [2.75, 3.05) is 25.1 Å². The van der Waals surface area contributed by atoms with Gasteiger partial charge in [0.25, 0.3) is 5.56 Å². The first-order valence-corrected chi connectivity index (χ1v) is 12.5. The molecule has 0 N–H and O–H groups in total. The normalized spacial score (nSPS) is 23.1. The zero-order chi connectivity index (χ0) is 19.2. The molecule has 0 spiro atoms. The minimum atomic E-state index is -3.05. The van der Waals surface area contributed by atoms with Crippen LogP contribution in [0, 0.1) is 0 Å². The van der Waals surface area contributed by atoms with Gasteiger partial charge in [0, 0.05) is 37.1 Å². The molecule has 1 aromatic heterocycles. The summed E-state index contributed by atoms with van der Waals surface area (Å²) in [6.45, 7) is 0.946. The predicted octanol–water partition coefficient (Wildman–Crippen LogP) is 1.19. The second kappa shape index (κ2) is 7.24.